The third-order valence-electron chi connectivity index (χ3n) is 19.4. The summed E-state index contributed by atoms with van der Waals surface area (Å²) in [5, 5.41) is 7.67. The summed E-state index contributed by atoms with van der Waals surface area (Å²) >= 11 is 0. The Morgan fingerprint density at radius 2 is 0.628 bits per heavy atom. The molecule has 8 nitrogen and oxygen atoms in total. The first-order valence-electron chi connectivity index (χ1n) is 30.5. The predicted molar refractivity (Wildman–Crippen MR) is 334 cm³/mol. The molecule has 28 bridgehead atoms. The molecule has 29 aliphatic rings. The van der Waals surface area contributed by atoms with Gasteiger partial charge < -0.3 is 0 Å². The first kappa shape index (κ1) is 50.3. The van der Waals surface area contributed by atoms with Crippen LogP contribution in [0.3, 0.4) is 0 Å². The molecule has 0 saturated heterocycles. The first-order valence-corrected chi connectivity index (χ1v) is 30.5. The Hall–Kier alpha value is -10.2. The number of rotatable bonds is 0. The normalized spacial score (nSPS) is 18.0. The van der Waals surface area contributed by atoms with Crippen LogP contribution in [0, 0.1) is 0 Å². The molecule has 0 spiro atoms. The van der Waals surface area contributed by atoms with E-state index in [9.17, 15) is 0 Å². The third kappa shape index (κ3) is 9.06. The maximum atomic E-state index is 2.50. The van der Waals surface area contributed by atoms with Crippen LogP contribution in [0.4, 0.5) is 0 Å². The van der Waals surface area contributed by atoms with Gasteiger partial charge in [-0.1, -0.05) is 97.1 Å². The number of hydrogen-bond acceptors (Lipinski definition) is 0. The summed E-state index contributed by atoms with van der Waals surface area (Å²) < 4.78 is 19.3. The van der Waals surface area contributed by atoms with E-state index >= 15 is 0 Å². The Balaban J connectivity index is 0.904. The highest BCUT2D eigenvalue weighted by Gasteiger charge is 2.48. The molecule has 0 amide bonds. The van der Waals surface area contributed by atoms with Crippen LogP contribution in [-0.2, 0) is 63.2 Å². The van der Waals surface area contributed by atoms with Crippen LogP contribution in [0.25, 0.3) is 60.1 Å². The van der Waals surface area contributed by atoms with Gasteiger partial charge in [-0.3, -0.25) is 0 Å². The summed E-state index contributed by atoms with van der Waals surface area (Å²) in [5.74, 6) is 0. The summed E-state index contributed by atoms with van der Waals surface area (Å²) in [6.45, 7) is 5.54. The topological polar surface area (TPSA) is 30.2 Å². The Morgan fingerprint density at radius 1 is 0.291 bits per heavy atom. The molecule has 2 unspecified atom stereocenters. The average Bonchev–Trinajstić information content (AvgIpc) is 1.64. The fraction of sp³-hybridized carbons (Fsp3) is 0.154. The number of nitrogens with zero attached hydrogens (tertiary/aromatic N) is 8. The van der Waals surface area contributed by atoms with E-state index in [-0.39, 0.29) is 0 Å². The van der Waals surface area contributed by atoms with Gasteiger partial charge in [0.25, 0.3) is 11.1 Å². The van der Waals surface area contributed by atoms with E-state index in [4.69, 9.17) is 0 Å². The second-order valence-electron chi connectivity index (χ2n) is 24.9. The second kappa shape index (κ2) is 20.3. The molecule has 36 heterocycles. The van der Waals surface area contributed by atoms with Crippen molar-refractivity contribution in [2.75, 3.05) is 6.54 Å². The molecule has 29 aliphatic heterocycles. The lowest BCUT2D eigenvalue weighted by Gasteiger charge is -2.28. The summed E-state index contributed by atoms with van der Waals surface area (Å²) in [6.07, 6.45) is 39.5. The summed E-state index contributed by atoms with van der Waals surface area (Å²) in [7, 11) is 0. The predicted octanol–water partition coefficient (Wildman–Crippen LogP) is 10.5. The standard InChI is InChI=1S/C78H66N8/c1-5-59-6-2-57(1)45-77-55-81-37-25-65(26-38-81)66-27-39-82(40-28-66)56-78(86-43-31-68(32-44-86)67-29-41-85(77)42-30-67,46-58-3-7-60(8-4-58)48-80-35-23-64(24-36-80)63-21-33-79(47-59)34-22-63)74-19-11-62(12-20-74)50-84-53-71-15-13-69-51-83(49-61-9-17-73(77)18-10-61)52-70-14-16-72(54-84)76(71)75(69)70/h1-23,25-35,37-44,51-54H,24,36,45-50,55-56H2/q+8. The lowest BCUT2D eigenvalue weighted by Crippen LogP contribution is -2.64. The van der Waals surface area contributed by atoms with Crippen LogP contribution in [0.1, 0.15) is 56.5 Å². The zero-order valence-corrected chi connectivity index (χ0v) is 48.2. The van der Waals surface area contributed by atoms with Crippen molar-refractivity contribution < 1.29 is 36.5 Å². The Labute approximate surface area is 501 Å². The molecule has 0 N–H and O–H groups in total. The van der Waals surface area contributed by atoms with E-state index in [1.54, 1.807) is 0 Å². The number of benzene rings is 6. The van der Waals surface area contributed by atoms with Crippen molar-refractivity contribution in [1.29, 1.82) is 0 Å². The number of pyridine rings is 7. The van der Waals surface area contributed by atoms with E-state index in [1.807, 2.05) is 0 Å². The van der Waals surface area contributed by atoms with Crippen molar-refractivity contribution in [2.45, 2.75) is 69.6 Å². The minimum Gasteiger partial charge on any atom is -0.231 e. The van der Waals surface area contributed by atoms with E-state index in [1.165, 1.54) is 110 Å². The maximum Gasteiger partial charge on any atom is 0.255 e. The zero-order valence-electron chi connectivity index (χ0n) is 48.2. The first-order chi connectivity index (χ1) is 42.4. The van der Waals surface area contributed by atoms with Gasteiger partial charge in [0.1, 0.15) is 6.54 Å². The Morgan fingerprint density at radius 3 is 1.02 bits per heavy atom. The lowest BCUT2D eigenvalue weighted by atomic mass is 9.82. The van der Waals surface area contributed by atoms with Gasteiger partial charge in [0.05, 0.1) is 0 Å². The molecular weight excluding hydrogens is 1050 g/mol. The zero-order chi connectivity index (χ0) is 56.8. The largest absolute Gasteiger partial charge is 0.255 e. The van der Waals surface area contributed by atoms with Crippen LogP contribution in [-0.4, -0.2) is 17.3 Å². The average molecular weight is 1120 g/mol. The van der Waals surface area contributed by atoms with E-state index < -0.39 is 11.1 Å². The quantitative estimate of drug-likeness (QED) is 0.107. The minimum absolute atomic E-state index is 0.541. The maximum absolute atomic E-state index is 2.50. The Bertz CT molecular complexity index is 4720. The fourth-order valence-electron chi connectivity index (χ4n) is 14.7. The van der Waals surface area contributed by atoms with Gasteiger partial charge >= 0.3 is 0 Å². The highest BCUT2D eigenvalue weighted by Crippen LogP contribution is 2.35. The molecular formula is C78H66N8+8. The Kier molecular flexibility index (Phi) is 11.9. The van der Waals surface area contributed by atoms with Crippen molar-refractivity contribution in [3.63, 3.8) is 0 Å². The molecule has 0 radical (unpaired) electrons. The number of aromatic nitrogens is 7. The fourth-order valence-corrected chi connectivity index (χ4v) is 14.7. The summed E-state index contributed by atoms with van der Waals surface area (Å²) in [5.41, 5.74) is 16.5. The van der Waals surface area contributed by atoms with Crippen LogP contribution in [0.15, 0.2) is 275 Å². The molecule has 2 atom stereocenters. The number of allylic oxidation sites excluding steroid dienone is 1. The SMILES string of the molecule is C1=C2CC[N+](=C1)Cc1ccc(cc1)CC13C[n+]4ccc(cc4)-c4cc[n+](cc4)CC(Cc4ccc(cc4)C[n+]4ccc2cc4)(c2ccc(cc2)C[n+]2cc4ccc5c[n+](cc6ccc(c2)c4c56)Cc2ccc1cc2)[n+]1ccc(cc1)-c1cc[n+]3cc1. The highest BCUT2D eigenvalue weighted by atomic mass is 15.1. The van der Waals surface area contributed by atoms with Crippen LogP contribution in [0.2, 0.25) is 0 Å². The third-order valence-corrected chi connectivity index (χ3v) is 19.4. The highest BCUT2D eigenvalue weighted by molar-refractivity contribution is 6.21. The van der Waals surface area contributed by atoms with Gasteiger partial charge in [-0.2, -0.15) is 27.4 Å². The van der Waals surface area contributed by atoms with Crippen LogP contribution < -0.4 is 32.0 Å². The van der Waals surface area contributed by atoms with Gasteiger partial charge in [-0.05, 0) is 68.8 Å². The van der Waals surface area contributed by atoms with E-state index in [2.05, 4.69) is 318 Å². The molecule has 13 aromatic rings. The molecule has 7 aromatic heterocycles. The van der Waals surface area contributed by atoms with Crippen molar-refractivity contribution >= 4 is 44.1 Å². The monoisotopic (exact) mass is 1110 g/mol. The van der Waals surface area contributed by atoms with E-state index in [0.717, 1.165) is 52.0 Å². The van der Waals surface area contributed by atoms with Gasteiger partial charge in [-0.15, -0.1) is 0 Å². The summed E-state index contributed by atoms with van der Waals surface area (Å²) in [4.78, 5) is 0. The molecule has 0 aliphatic carbocycles. The van der Waals surface area contributed by atoms with Gasteiger partial charge in [0.15, 0.2) is 119 Å². The molecule has 6 aromatic carbocycles. The molecule has 0 saturated carbocycles. The smallest absolute Gasteiger partial charge is 0.231 e. The molecule has 410 valence electrons. The van der Waals surface area contributed by atoms with Crippen molar-refractivity contribution in [3.8, 4) is 22.3 Å². The van der Waals surface area contributed by atoms with Crippen molar-refractivity contribution in [2.24, 2.45) is 0 Å². The minimum atomic E-state index is -0.547. The van der Waals surface area contributed by atoms with Gasteiger partial charge in [0, 0.05) is 152 Å². The molecule has 8 heteroatoms. The van der Waals surface area contributed by atoms with Crippen LogP contribution in [0.5, 0.6) is 0 Å². The van der Waals surface area contributed by atoms with E-state index in [0.29, 0.717) is 13.1 Å². The molecule has 42 rings (SSSR count). The molecule has 86 heavy (non-hydrogen) atoms. The molecule has 0 fully saturated rings. The summed E-state index contributed by atoms with van der Waals surface area (Å²) in [6, 6.07) is 70.3. The van der Waals surface area contributed by atoms with Crippen LogP contribution >= 0.6 is 0 Å². The van der Waals surface area contributed by atoms with Crippen molar-refractivity contribution in [3.05, 3.63) is 325 Å². The lowest BCUT2D eigenvalue weighted by molar-refractivity contribution is -0.823. The van der Waals surface area contributed by atoms with Gasteiger partial charge in [-0.25, -0.2) is 9.14 Å². The van der Waals surface area contributed by atoms with Gasteiger partial charge in [0.2, 0.25) is 13.1 Å². The van der Waals surface area contributed by atoms with Crippen molar-refractivity contribution in [1.82, 2.24) is 0 Å². The number of hydrogen-bond donors (Lipinski definition) is 0. The second-order valence-corrected chi connectivity index (χ2v) is 24.9.